The molecule has 0 spiro atoms. The van der Waals surface area contributed by atoms with Gasteiger partial charge < -0.3 is 0 Å². The zero-order chi connectivity index (χ0) is 13.9. The molecule has 0 fully saturated rings. The number of aromatic nitrogens is 2. The van der Waals surface area contributed by atoms with Crippen LogP contribution in [0.15, 0.2) is 67.0 Å². The van der Waals surface area contributed by atoms with E-state index in [0.29, 0.717) is 0 Å². The van der Waals surface area contributed by atoms with E-state index in [0.717, 1.165) is 16.8 Å². The number of para-hydroxylation sites is 1. The van der Waals surface area contributed by atoms with Crippen molar-refractivity contribution >= 4 is 34.2 Å². The Morgan fingerprint density at radius 2 is 1.65 bits per heavy atom. The Kier molecular flexibility index (Phi) is 4.08. The monoisotopic (exact) mass is 394 g/mol. The molecule has 0 saturated heterocycles. The van der Waals surface area contributed by atoms with E-state index < -0.39 is 0 Å². The van der Waals surface area contributed by atoms with E-state index in [1.54, 1.807) is 0 Å². The molecule has 1 aromatic heterocycles. The normalized spacial score (nSPS) is 12.3. The highest BCUT2D eigenvalue weighted by Gasteiger charge is 2.13. The first-order valence-electron chi connectivity index (χ1n) is 6.23. The Labute approximate surface area is 136 Å². The number of hydrogen-bond acceptors (Lipinski definition) is 1. The average molecular weight is 395 g/mol. The highest BCUT2D eigenvalue weighted by molar-refractivity contribution is 14.1. The Morgan fingerprint density at radius 1 is 0.950 bits per heavy atom. The van der Waals surface area contributed by atoms with E-state index in [9.17, 15) is 0 Å². The van der Waals surface area contributed by atoms with Crippen LogP contribution in [0.25, 0.3) is 5.69 Å². The molecule has 2 nitrogen and oxygen atoms in total. The second kappa shape index (κ2) is 5.97. The minimum atomic E-state index is -0.176. The van der Waals surface area contributed by atoms with Crippen LogP contribution in [0, 0.1) is 3.57 Å². The molecule has 2 aromatic carbocycles. The molecule has 100 valence electrons. The summed E-state index contributed by atoms with van der Waals surface area (Å²) in [4.78, 5) is 0. The van der Waals surface area contributed by atoms with E-state index in [4.69, 9.17) is 11.6 Å². The second-order valence-electron chi connectivity index (χ2n) is 4.47. The molecule has 0 saturated carbocycles. The number of nitrogens with zero attached hydrogens (tertiary/aromatic N) is 2. The third-order valence-corrected chi connectivity index (χ3v) is 4.30. The number of halogens is 2. The van der Waals surface area contributed by atoms with Crippen molar-refractivity contribution < 1.29 is 0 Å². The predicted molar refractivity (Wildman–Crippen MR) is 90.4 cm³/mol. The quantitative estimate of drug-likeness (QED) is 0.461. The third kappa shape index (κ3) is 2.88. The van der Waals surface area contributed by atoms with Gasteiger partial charge in [0, 0.05) is 15.3 Å². The highest BCUT2D eigenvalue weighted by atomic mass is 127. The van der Waals surface area contributed by atoms with Crippen LogP contribution in [0.2, 0.25) is 0 Å². The number of alkyl halides is 1. The zero-order valence-corrected chi connectivity index (χ0v) is 13.5. The Balaban J connectivity index is 1.88. The van der Waals surface area contributed by atoms with Gasteiger partial charge in [-0.15, -0.1) is 11.6 Å². The maximum Gasteiger partial charge on any atom is 0.0865 e. The smallest absolute Gasteiger partial charge is 0.0865 e. The van der Waals surface area contributed by atoms with Crippen molar-refractivity contribution in [1.29, 1.82) is 0 Å². The van der Waals surface area contributed by atoms with Gasteiger partial charge in [-0.25, -0.2) is 4.68 Å². The summed E-state index contributed by atoms with van der Waals surface area (Å²) in [5, 5.41) is 4.20. The van der Waals surface area contributed by atoms with Crippen molar-refractivity contribution in [2.45, 2.75) is 5.38 Å². The first-order chi connectivity index (χ1) is 9.74. The summed E-state index contributed by atoms with van der Waals surface area (Å²) >= 11 is 8.82. The second-order valence-corrected chi connectivity index (χ2v) is 6.15. The van der Waals surface area contributed by atoms with Gasteiger partial charge in [0.05, 0.1) is 17.3 Å². The van der Waals surface area contributed by atoms with Gasteiger partial charge in [-0.1, -0.05) is 30.3 Å². The fraction of sp³-hybridized carbons (Fsp3) is 0.0625. The van der Waals surface area contributed by atoms with E-state index in [1.807, 2.05) is 47.4 Å². The molecule has 3 rings (SSSR count). The minimum absolute atomic E-state index is 0.176. The van der Waals surface area contributed by atoms with Crippen molar-refractivity contribution in [3.05, 3.63) is 81.7 Å². The van der Waals surface area contributed by atoms with Crippen LogP contribution in [0.5, 0.6) is 0 Å². The van der Waals surface area contributed by atoms with Gasteiger partial charge in [0.25, 0.3) is 0 Å². The standard InChI is InChI=1S/C16H12ClIN2/c17-16(12-6-8-14(18)9-7-12)13-10-19-20(11-13)15-4-2-1-3-5-15/h1-11,16H. The molecule has 0 aliphatic carbocycles. The first kappa shape index (κ1) is 13.6. The van der Waals surface area contributed by atoms with Crippen molar-refractivity contribution in [1.82, 2.24) is 9.78 Å². The third-order valence-electron chi connectivity index (χ3n) is 3.08. The summed E-state index contributed by atoms with van der Waals surface area (Å²) in [5.41, 5.74) is 3.11. The number of hydrogen-bond donors (Lipinski definition) is 0. The van der Waals surface area contributed by atoms with E-state index in [1.165, 1.54) is 3.57 Å². The largest absolute Gasteiger partial charge is 0.241 e. The van der Waals surface area contributed by atoms with Gasteiger partial charge in [0.1, 0.15) is 0 Å². The predicted octanol–water partition coefficient (Wildman–Crippen LogP) is 4.81. The fourth-order valence-electron chi connectivity index (χ4n) is 2.01. The Bertz CT molecular complexity index is 692. The maximum absolute atomic E-state index is 6.53. The van der Waals surface area contributed by atoms with Crippen LogP contribution in [-0.2, 0) is 0 Å². The topological polar surface area (TPSA) is 17.8 Å². The van der Waals surface area contributed by atoms with Crippen LogP contribution in [0.1, 0.15) is 16.5 Å². The molecule has 1 atom stereocenters. The van der Waals surface area contributed by atoms with Gasteiger partial charge in [-0.3, -0.25) is 0 Å². The summed E-state index contributed by atoms with van der Waals surface area (Å²) in [6.45, 7) is 0. The van der Waals surface area contributed by atoms with Gasteiger partial charge in [-0.2, -0.15) is 5.10 Å². The van der Waals surface area contributed by atoms with Crippen LogP contribution in [-0.4, -0.2) is 9.78 Å². The molecule has 20 heavy (non-hydrogen) atoms. The van der Waals surface area contributed by atoms with Crippen LogP contribution < -0.4 is 0 Å². The molecule has 4 heteroatoms. The summed E-state index contributed by atoms with van der Waals surface area (Å²) in [5.74, 6) is 0. The molecule has 0 aliphatic rings. The van der Waals surface area contributed by atoms with Crippen molar-refractivity contribution in [3.8, 4) is 5.69 Å². The number of benzene rings is 2. The van der Waals surface area contributed by atoms with Crippen LogP contribution in [0.3, 0.4) is 0 Å². The molecule has 0 aliphatic heterocycles. The number of rotatable bonds is 3. The molecule has 3 aromatic rings. The maximum atomic E-state index is 6.53. The molecule has 0 amide bonds. The lowest BCUT2D eigenvalue weighted by Gasteiger charge is -2.07. The lowest BCUT2D eigenvalue weighted by Crippen LogP contribution is -1.94. The van der Waals surface area contributed by atoms with Gasteiger partial charge >= 0.3 is 0 Å². The minimum Gasteiger partial charge on any atom is -0.241 e. The SMILES string of the molecule is ClC(c1ccc(I)cc1)c1cnn(-c2ccccc2)c1. The van der Waals surface area contributed by atoms with Crippen LogP contribution >= 0.6 is 34.2 Å². The molecule has 0 bridgehead atoms. The molecule has 0 radical (unpaired) electrons. The van der Waals surface area contributed by atoms with Gasteiger partial charge in [0.15, 0.2) is 0 Å². The van der Waals surface area contributed by atoms with E-state index in [2.05, 4.69) is 52.0 Å². The fourth-order valence-corrected chi connectivity index (χ4v) is 2.63. The van der Waals surface area contributed by atoms with E-state index in [-0.39, 0.29) is 5.38 Å². The van der Waals surface area contributed by atoms with Crippen molar-refractivity contribution in [2.24, 2.45) is 0 Å². The van der Waals surface area contributed by atoms with Gasteiger partial charge in [0.2, 0.25) is 0 Å². The average Bonchev–Trinajstić information content (AvgIpc) is 2.98. The summed E-state index contributed by atoms with van der Waals surface area (Å²) in [6, 6.07) is 18.3. The molecule has 0 N–H and O–H groups in total. The van der Waals surface area contributed by atoms with Crippen molar-refractivity contribution in [3.63, 3.8) is 0 Å². The first-order valence-corrected chi connectivity index (χ1v) is 7.75. The van der Waals surface area contributed by atoms with Crippen LogP contribution in [0.4, 0.5) is 0 Å². The summed E-state index contributed by atoms with van der Waals surface area (Å²) in [7, 11) is 0. The summed E-state index contributed by atoms with van der Waals surface area (Å²) < 4.78 is 3.05. The van der Waals surface area contributed by atoms with E-state index >= 15 is 0 Å². The lowest BCUT2D eigenvalue weighted by atomic mass is 10.1. The zero-order valence-electron chi connectivity index (χ0n) is 10.6. The van der Waals surface area contributed by atoms with Crippen molar-refractivity contribution in [2.75, 3.05) is 0 Å². The Hall–Kier alpha value is -1.33. The molecule has 1 unspecified atom stereocenters. The highest BCUT2D eigenvalue weighted by Crippen LogP contribution is 2.29. The summed E-state index contributed by atoms with van der Waals surface area (Å²) in [6.07, 6.45) is 3.80. The lowest BCUT2D eigenvalue weighted by molar-refractivity contribution is 0.880. The molecular formula is C16H12ClIN2. The van der Waals surface area contributed by atoms with Gasteiger partial charge in [-0.05, 0) is 52.4 Å². The Morgan fingerprint density at radius 3 is 2.35 bits per heavy atom. The molecular weight excluding hydrogens is 383 g/mol. The molecule has 1 heterocycles.